The second-order valence-electron chi connectivity index (χ2n) is 7.35. The van der Waals surface area contributed by atoms with Crippen LogP contribution in [0.3, 0.4) is 0 Å². The van der Waals surface area contributed by atoms with Crippen LogP contribution in [0, 0.1) is 5.92 Å². The molecular weight excluding hydrogens is 334 g/mol. The molecule has 27 heavy (non-hydrogen) atoms. The number of nitrogens with zero attached hydrogens (tertiary/aromatic N) is 1. The molecule has 3 heteroatoms. The van der Waals surface area contributed by atoms with E-state index < -0.39 is 5.41 Å². The molecule has 1 saturated carbocycles. The van der Waals surface area contributed by atoms with Gasteiger partial charge in [-0.1, -0.05) is 78.9 Å². The monoisotopic (exact) mass is 353 g/mol. The molecule has 3 aromatic rings. The molecule has 0 bridgehead atoms. The maximum Gasteiger partial charge on any atom is 0.238 e. The van der Waals surface area contributed by atoms with Crippen LogP contribution in [0.2, 0.25) is 0 Å². The number of likely N-dealkylation sites (N-methyl/N-ethyl adjacent to an activating group) is 1. The third-order valence-electron chi connectivity index (χ3n) is 6.07. The van der Waals surface area contributed by atoms with E-state index in [9.17, 15) is 9.59 Å². The van der Waals surface area contributed by atoms with Crippen molar-refractivity contribution in [2.24, 2.45) is 5.92 Å². The largest absolute Gasteiger partial charge is 0.314 e. The first-order chi connectivity index (χ1) is 13.2. The van der Waals surface area contributed by atoms with Crippen molar-refractivity contribution in [2.75, 3.05) is 11.9 Å². The average molecular weight is 353 g/mol. The van der Waals surface area contributed by atoms with E-state index in [1.165, 1.54) is 0 Å². The van der Waals surface area contributed by atoms with Crippen LogP contribution in [-0.2, 0) is 10.2 Å². The number of hydrogen-bond donors (Lipinski definition) is 0. The van der Waals surface area contributed by atoms with Crippen LogP contribution < -0.4 is 4.90 Å². The van der Waals surface area contributed by atoms with Crippen LogP contribution >= 0.6 is 0 Å². The summed E-state index contributed by atoms with van der Waals surface area (Å²) < 4.78 is 0. The van der Waals surface area contributed by atoms with Crippen molar-refractivity contribution >= 4 is 17.4 Å². The number of carbonyl (C=O) groups excluding carboxylic acids is 2. The van der Waals surface area contributed by atoms with Gasteiger partial charge in [-0.25, -0.2) is 0 Å². The number of Topliss-reactive ketones (excluding diaryl/α,β-unsaturated/α-hetero) is 1. The quantitative estimate of drug-likeness (QED) is 0.662. The molecule has 2 aliphatic rings. The highest BCUT2D eigenvalue weighted by atomic mass is 16.2. The van der Waals surface area contributed by atoms with Gasteiger partial charge < -0.3 is 4.90 Å². The first kappa shape index (κ1) is 16.0. The maximum absolute atomic E-state index is 13.4. The van der Waals surface area contributed by atoms with Crippen molar-refractivity contribution in [3.8, 4) is 0 Å². The van der Waals surface area contributed by atoms with Crippen molar-refractivity contribution in [1.29, 1.82) is 0 Å². The minimum Gasteiger partial charge on any atom is -0.314 e. The molecule has 5 rings (SSSR count). The number of anilines is 1. The Morgan fingerprint density at radius 1 is 0.852 bits per heavy atom. The molecule has 0 radical (unpaired) electrons. The number of para-hydroxylation sites is 1. The smallest absolute Gasteiger partial charge is 0.238 e. The molecule has 132 valence electrons. The van der Waals surface area contributed by atoms with Crippen LogP contribution in [0.1, 0.15) is 27.4 Å². The van der Waals surface area contributed by atoms with Gasteiger partial charge in [0, 0.05) is 30.1 Å². The number of rotatable bonds is 3. The van der Waals surface area contributed by atoms with Crippen LogP contribution in [0.15, 0.2) is 84.9 Å². The first-order valence-electron chi connectivity index (χ1n) is 9.19. The van der Waals surface area contributed by atoms with Gasteiger partial charge in [0.2, 0.25) is 5.91 Å². The molecule has 3 nitrogen and oxygen atoms in total. The summed E-state index contributed by atoms with van der Waals surface area (Å²) in [6.45, 7) is 0. The Kier molecular flexibility index (Phi) is 3.35. The zero-order valence-corrected chi connectivity index (χ0v) is 15.0. The Morgan fingerprint density at radius 3 is 2.15 bits per heavy atom. The van der Waals surface area contributed by atoms with Gasteiger partial charge in [-0.2, -0.15) is 0 Å². The van der Waals surface area contributed by atoms with Crippen LogP contribution in [0.4, 0.5) is 5.69 Å². The number of hydrogen-bond acceptors (Lipinski definition) is 2. The summed E-state index contributed by atoms with van der Waals surface area (Å²) in [5.74, 6) is -0.444. The third kappa shape index (κ3) is 2.02. The van der Waals surface area contributed by atoms with Gasteiger partial charge in [0.05, 0.1) is 5.41 Å². The fraction of sp³-hybridized carbons (Fsp3) is 0.167. The topological polar surface area (TPSA) is 37.4 Å². The zero-order chi connectivity index (χ0) is 18.6. The third-order valence-corrected chi connectivity index (χ3v) is 6.07. The van der Waals surface area contributed by atoms with Gasteiger partial charge >= 0.3 is 0 Å². The molecule has 1 aliphatic carbocycles. The summed E-state index contributed by atoms with van der Waals surface area (Å²) in [6.07, 6.45) is 0. The van der Waals surface area contributed by atoms with E-state index in [1.807, 2.05) is 84.9 Å². The van der Waals surface area contributed by atoms with Gasteiger partial charge in [0.25, 0.3) is 0 Å². The normalized spacial score (nSPS) is 25.5. The number of amides is 1. The summed E-state index contributed by atoms with van der Waals surface area (Å²) in [6, 6.07) is 27.1. The van der Waals surface area contributed by atoms with Crippen molar-refractivity contribution in [2.45, 2.75) is 11.3 Å². The van der Waals surface area contributed by atoms with Gasteiger partial charge in [0.1, 0.15) is 0 Å². The highest BCUT2D eigenvalue weighted by Crippen LogP contribution is 2.71. The molecular formula is C24H19NO2. The standard InChI is InChI=1S/C24H19NO2/c1-25-19-15-9-8-14-18(19)24(23(25)27)20(16-10-4-2-5-11-16)21(24)22(26)17-12-6-3-7-13-17/h2-15,20-21H,1H3/t20?,21-,24+/m0/s1. The Labute approximate surface area is 158 Å². The second kappa shape index (κ2) is 5.65. The molecule has 3 atom stereocenters. The molecule has 1 unspecified atom stereocenters. The summed E-state index contributed by atoms with van der Waals surface area (Å²) >= 11 is 0. The predicted molar refractivity (Wildman–Crippen MR) is 105 cm³/mol. The molecule has 1 heterocycles. The Hall–Kier alpha value is -3.20. The Balaban J connectivity index is 1.70. The molecule has 1 spiro atoms. The molecule has 1 fully saturated rings. The number of ketones is 1. The van der Waals surface area contributed by atoms with Gasteiger partial charge in [-0.05, 0) is 17.2 Å². The number of benzene rings is 3. The zero-order valence-electron chi connectivity index (χ0n) is 15.0. The van der Waals surface area contributed by atoms with Crippen molar-refractivity contribution in [3.05, 3.63) is 102 Å². The summed E-state index contributed by atoms with van der Waals surface area (Å²) in [5, 5.41) is 0. The highest BCUT2D eigenvalue weighted by Gasteiger charge is 2.76. The molecule has 1 aliphatic heterocycles. The lowest BCUT2D eigenvalue weighted by molar-refractivity contribution is -0.120. The van der Waals surface area contributed by atoms with Crippen LogP contribution in [0.25, 0.3) is 0 Å². The van der Waals surface area contributed by atoms with Gasteiger partial charge in [-0.15, -0.1) is 0 Å². The van der Waals surface area contributed by atoms with Gasteiger partial charge in [0.15, 0.2) is 5.78 Å². The van der Waals surface area contributed by atoms with E-state index in [1.54, 1.807) is 11.9 Å². The molecule has 0 saturated heterocycles. The number of carbonyl (C=O) groups is 2. The predicted octanol–water partition coefficient (Wildman–Crippen LogP) is 4.20. The van der Waals surface area contributed by atoms with E-state index in [-0.39, 0.29) is 23.5 Å². The SMILES string of the molecule is CN1C(=O)[C@]2(c3ccccc31)C(c1ccccc1)[C@H]2C(=O)c1ccccc1. The molecule has 1 amide bonds. The van der Waals surface area contributed by atoms with E-state index in [2.05, 4.69) is 0 Å². The first-order valence-corrected chi connectivity index (χ1v) is 9.19. The second-order valence-corrected chi connectivity index (χ2v) is 7.35. The summed E-state index contributed by atoms with van der Waals surface area (Å²) in [4.78, 5) is 28.6. The van der Waals surface area contributed by atoms with Crippen molar-refractivity contribution in [1.82, 2.24) is 0 Å². The highest BCUT2D eigenvalue weighted by molar-refractivity contribution is 6.18. The average Bonchev–Trinajstić information content (AvgIpc) is 3.39. The van der Waals surface area contributed by atoms with Crippen LogP contribution in [-0.4, -0.2) is 18.7 Å². The summed E-state index contributed by atoms with van der Waals surface area (Å²) in [7, 11) is 1.81. The molecule has 0 N–H and O–H groups in total. The Morgan fingerprint density at radius 2 is 1.44 bits per heavy atom. The van der Waals surface area contributed by atoms with E-state index in [0.717, 1.165) is 16.8 Å². The maximum atomic E-state index is 13.4. The van der Waals surface area contributed by atoms with E-state index in [4.69, 9.17) is 0 Å². The fourth-order valence-corrected chi connectivity index (χ4v) is 4.86. The van der Waals surface area contributed by atoms with E-state index in [0.29, 0.717) is 5.56 Å². The Bertz CT molecular complexity index is 1040. The summed E-state index contributed by atoms with van der Waals surface area (Å²) in [5.41, 5.74) is 2.80. The lowest BCUT2D eigenvalue weighted by Gasteiger charge is -2.12. The molecule has 0 aromatic heterocycles. The van der Waals surface area contributed by atoms with Crippen molar-refractivity contribution < 1.29 is 9.59 Å². The minimum atomic E-state index is -0.792. The van der Waals surface area contributed by atoms with Gasteiger partial charge in [-0.3, -0.25) is 9.59 Å². The fourth-order valence-electron chi connectivity index (χ4n) is 4.86. The minimum absolute atomic E-state index is 0.0202. The van der Waals surface area contributed by atoms with Crippen molar-refractivity contribution in [3.63, 3.8) is 0 Å². The lowest BCUT2D eigenvalue weighted by Crippen LogP contribution is -2.31. The lowest BCUT2D eigenvalue weighted by atomic mass is 9.90. The number of fused-ring (bicyclic) bond motifs is 2. The van der Waals surface area contributed by atoms with E-state index >= 15 is 0 Å². The molecule has 3 aromatic carbocycles. The van der Waals surface area contributed by atoms with Crippen LogP contribution in [0.5, 0.6) is 0 Å².